The minimum absolute atomic E-state index is 0.270. The summed E-state index contributed by atoms with van der Waals surface area (Å²) in [7, 11) is 0. The molecule has 6 heteroatoms. The third kappa shape index (κ3) is 3.43. The van der Waals surface area contributed by atoms with Crippen LogP contribution in [-0.2, 0) is 6.54 Å². The van der Waals surface area contributed by atoms with Crippen LogP contribution in [0.2, 0.25) is 5.15 Å². The standard InChI is InChI=1S/C12H8Br2ClFN2/c13-8-4-11(12(15)18-6-8)17-5-7-3-9(16)1-2-10(7)14/h1-4,6,17H,5H2. The molecule has 1 heterocycles. The fraction of sp³-hybridized carbons (Fsp3) is 0.0833. The molecule has 2 nitrogen and oxygen atoms in total. The van der Waals surface area contributed by atoms with E-state index < -0.39 is 0 Å². The number of benzene rings is 1. The van der Waals surface area contributed by atoms with Crippen molar-refractivity contribution in [2.45, 2.75) is 6.54 Å². The summed E-state index contributed by atoms with van der Waals surface area (Å²) in [4.78, 5) is 4.00. The minimum Gasteiger partial charge on any atom is -0.378 e. The second-order valence-corrected chi connectivity index (χ2v) is 5.71. The van der Waals surface area contributed by atoms with Gasteiger partial charge in [-0.1, -0.05) is 27.5 Å². The molecule has 0 fully saturated rings. The maximum atomic E-state index is 13.1. The lowest BCUT2D eigenvalue weighted by molar-refractivity contribution is 0.625. The summed E-state index contributed by atoms with van der Waals surface area (Å²) in [5.41, 5.74) is 1.51. The highest BCUT2D eigenvalue weighted by Crippen LogP contribution is 2.25. The van der Waals surface area contributed by atoms with Gasteiger partial charge < -0.3 is 5.32 Å². The number of rotatable bonds is 3. The molecule has 0 unspecified atom stereocenters. The lowest BCUT2D eigenvalue weighted by atomic mass is 10.2. The average Bonchev–Trinajstić information content (AvgIpc) is 2.34. The zero-order valence-corrected chi connectivity index (χ0v) is 13.0. The highest BCUT2D eigenvalue weighted by molar-refractivity contribution is 9.10. The fourth-order valence-corrected chi connectivity index (χ4v) is 2.30. The van der Waals surface area contributed by atoms with Crippen molar-refractivity contribution >= 4 is 49.1 Å². The van der Waals surface area contributed by atoms with E-state index in [1.807, 2.05) is 6.07 Å². The second kappa shape index (κ2) is 5.99. The van der Waals surface area contributed by atoms with Gasteiger partial charge in [-0.25, -0.2) is 9.37 Å². The highest BCUT2D eigenvalue weighted by Gasteiger charge is 2.05. The van der Waals surface area contributed by atoms with E-state index in [1.165, 1.54) is 12.1 Å². The van der Waals surface area contributed by atoms with E-state index in [4.69, 9.17) is 11.6 Å². The first-order valence-electron chi connectivity index (χ1n) is 5.05. The number of pyridine rings is 1. The van der Waals surface area contributed by atoms with Crippen LogP contribution in [0, 0.1) is 5.82 Å². The Bertz CT molecular complexity index is 526. The van der Waals surface area contributed by atoms with Gasteiger partial charge in [-0.15, -0.1) is 0 Å². The van der Waals surface area contributed by atoms with Crippen molar-refractivity contribution in [2.75, 3.05) is 5.32 Å². The van der Waals surface area contributed by atoms with Gasteiger partial charge in [0, 0.05) is 21.7 Å². The molecule has 0 aliphatic carbocycles. The molecule has 94 valence electrons. The first-order valence-corrected chi connectivity index (χ1v) is 7.01. The Balaban J connectivity index is 2.16. The molecule has 2 rings (SSSR count). The molecule has 1 aromatic heterocycles. The van der Waals surface area contributed by atoms with Crippen molar-refractivity contribution in [3.8, 4) is 0 Å². The van der Waals surface area contributed by atoms with Gasteiger partial charge >= 0.3 is 0 Å². The van der Waals surface area contributed by atoms with Crippen LogP contribution in [0.3, 0.4) is 0 Å². The Labute approximate surface area is 126 Å². The van der Waals surface area contributed by atoms with Crippen LogP contribution in [0.4, 0.5) is 10.1 Å². The van der Waals surface area contributed by atoms with E-state index in [1.54, 1.807) is 12.3 Å². The third-order valence-corrected chi connectivity index (χ3v) is 3.79. The maximum absolute atomic E-state index is 13.1. The summed E-state index contributed by atoms with van der Waals surface area (Å²) in [5, 5.41) is 3.50. The smallest absolute Gasteiger partial charge is 0.152 e. The molecule has 0 aliphatic heterocycles. The van der Waals surface area contributed by atoms with Gasteiger partial charge in [0.2, 0.25) is 0 Å². The average molecular weight is 394 g/mol. The topological polar surface area (TPSA) is 24.9 Å². The third-order valence-electron chi connectivity index (χ3n) is 2.28. The van der Waals surface area contributed by atoms with Crippen molar-refractivity contribution in [3.05, 3.63) is 55.9 Å². The van der Waals surface area contributed by atoms with Crippen LogP contribution in [0.25, 0.3) is 0 Å². The minimum atomic E-state index is -0.270. The van der Waals surface area contributed by atoms with E-state index in [9.17, 15) is 4.39 Å². The Morgan fingerprint density at radius 1 is 1.28 bits per heavy atom. The molecule has 0 saturated heterocycles. The number of aromatic nitrogens is 1. The van der Waals surface area contributed by atoms with Crippen LogP contribution >= 0.6 is 43.5 Å². The van der Waals surface area contributed by atoms with Gasteiger partial charge in [0.25, 0.3) is 0 Å². The molecule has 0 spiro atoms. The predicted octanol–water partition coefficient (Wildman–Crippen LogP) is 5.01. The summed E-state index contributed by atoms with van der Waals surface area (Å²) in [6, 6.07) is 6.37. The normalized spacial score (nSPS) is 10.4. The summed E-state index contributed by atoms with van der Waals surface area (Å²) in [6.07, 6.45) is 1.62. The molecule has 0 radical (unpaired) electrons. The SMILES string of the molecule is Fc1ccc(Br)c(CNc2cc(Br)cnc2Cl)c1. The largest absolute Gasteiger partial charge is 0.378 e. The van der Waals surface area contributed by atoms with Crippen LogP contribution in [0.1, 0.15) is 5.56 Å². The van der Waals surface area contributed by atoms with Gasteiger partial charge in [0.15, 0.2) is 5.15 Å². The predicted molar refractivity (Wildman–Crippen MR) is 78.4 cm³/mol. The van der Waals surface area contributed by atoms with Crippen molar-refractivity contribution < 1.29 is 4.39 Å². The number of hydrogen-bond acceptors (Lipinski definition) is 2. The quantitative estimate of drug-likeness (QED) is 0.740. The van der Waals surface area contributed by atoms with Gasteiger partial charge in [0.1, 0.15) is 5.82 Å². The molecule has 1 aromatic carbocycles. The van der Waals surface area contributed by atoms with Crippen molar-refractivity contribution in [2.24, 2.45) is 0 Å². The lowest BCUT2D eigenvalue weighted by Crippen LogP contribution is -2.02. The first kappa shape index (κ1) is 13.8. The van der Waals surface area contributed by atoms with Gasteiger partial charge in [-0.3, -0.25) is 0 Å². The molecule has 1 N–H and O–H groups in total. The Morgan fingerprint density at radius 3 is 2.83 bits per heavy atom. The molecule has 0 atom stereocenters. The molecule has 0 bridgehead atoms. The van der Waals surface area contributed by atoms with Crippen molar-refractivity contribution in [1.82, 2.24) is 4.98 Å². The highest BCUT2D eigenvalue weighted by atomic mass is 79.9. The number of hydrogen-bond donors (Lipinski definition) is 1. The molecule has 18 heavy (non-hydrogen) atoms. The summed E-state index contributed by atoms with van der Waals surface area (Å²) in [6.45, 7) is 0.455. The maximum Gasteiger partial charge on any atom is 0.152 e. The van der Waals surface area contributed by atoms with Crippen molar-refractivity contribution in [1.29, 1.82) is 0 Å². The lowest BCUT2D eigenvalue weighted by Gasteiger charge is -2.09. The molecule has 0 saturated carbocycles. The molecular weight excluding hydrogens is 386 g/mol. The number of nitrogens with zero attached hydrogens (tertiary/aromatic N) is 1. The first-order chi connectivity index (χ1) is 8.56. The zero-order valence-electron chi connectivity index (χ0n) is 9.05. The van der Waals surface area contributed by atoms with Crippen molar-refractivity contribution in [3.63, 3.8) is 0 Å². The Morgan fingerprint density at radius 2 is 2.06 bits per heavy atom. The van der Waals surface area contributed by atoms with Crippen LogP contribution in [0.15, 0.2) is 39.4 Å². The number of nitrogens with one attached hydrogen (secondary N) is 1. The van der Waals surface area contributed by atoms with E-state index >= 15 is 0 Å². The monoisotopic (exact) mass is 392 g/mol. The van der Waals surface area contributed by atoms with Gasteiger partial charge in [-0.05, 0) is 45.8 Å². The number of anilines is 1. The van der Waals surface area contributed by atoms with Crippen LogP contribution in [0.5, 0.6) is 0 Å². The van der Waals surface area contributed by atoms with Crippen LogP contribution < -0.4 is 5.32 Å². The van der Waals surface area contributed by atoms with E-state index in [0.717, 1.165) is 14.5 Å². The second-order valence-electron chi connectivity index (χ2n) is 3.58. The fourth-order valence-electron chi connectivity index (χ4n) is 1.42. The van der Waals surface area contributed by atoms with Gasteiger partial charge in [-0.2, -0.15) is 0 Å². The zero-order chi connectivity index (χ0) is 13.1. The summed E-state index contributed by atoms with van der Waals surface area (Å²) >= 11 is 12.6. The summed E-state index contributed by atoms with van der Waals surface area (Å²) in [5.74, 6) is -0.270. The van der Waals surface area contributed by atoms with Crippen LogP contribution in [-0.4, -0.2) is 4.98 Å². The van der Waals surface area contributed by atoms with Gasteiger partial charge in [0.05, 0.1) is 5.69 Å². The molecule has 0 amide bonds. The van der Waals surface area contributed by atoms with E-state index in [-0.39, 0.29) is 5.82 Å². The van der Waals surface area contributed by atoms with E-state index in [2.05, 4.69) is 42.2 Å². The Kier molecular flexibility index (Phi) is 4.59. The summed E-state index contributed by atoms with van der Waals surface area (Å²) < 4.78 is 14.8. The van der Waals surface area contributed by atoms with E-state index in [0.29, 0.717) is 17.4 Å². The number of halogens is 4. The molecule has 2 aromatic rings. The molecule has 0 aliphatic rings. The Hall–Kier alpha value is -0.650. The molecular formula is C12H8Br2ClFN2.